The highest BCUT2D eigenvalue weighted by atomic mass is 32.2. The molecule has 0 radical (unpaired) electrons. The predicted molar refractivity (Wildman–Crippen MR) is 96.8 cm³/mol. The Morgan fingerprint density at radius 1 is 1.08 bits per heavy atom. The summed E-state index contributed by atoms with van der Waals surface area (Å²) in [6.45, 7) is 7.00. The Labute approximate surface area is 144 Å². The van der Waals surface area contributed by atoms with Crippen LogP contribution in [-0.2, 0) is 16.6 Å². The van der Waals surface area contributed by atoms with Crippen LogP contribution in [0.3, 0.4) is 0 Å². The van der Waals surface area contributed by atoms with Crippen LogP contribution in [-0.4, -0.2) is 15.0 Å². The van der Waals surface area contributed by atoms with E-state index in [1.807, 2.05) is 51.1 Å². The van der Waals surface area contributed by atoms with Crippen LogP contribution in [0.1, 0.15) is 44.2 Å². The van der Waals surface area contributed by atoms with E-state index in [1.165, 1.54) is 0 Å². The van der Waals surface area contributed by atoms with Crippen molar-refractivity contribution in [2.24, 2.45) is 0 Å². The highest BCUT2D eigenvalue weighted by molar-refractivity contribution is 7.89. The molecule has 2 aromatic carbocycles. The minimum absolute atomic E-state index is 0.182. The molecule has 130 valence electrons. The summed E-state index contributed by atoms with van der Waals surface area (Å²) in [6.07, 6.45) is 0.913. The molecule has 0 fully saturated rings. The molecule has 0 amide bonds. The van der Waals surface area contributed by atoms with Gasteiger partial charge in [-0.05, 0) is 41.7 Å². The van der Waals surface area contributed by atoms with E-state index >= 15 is 0 Å². The molecule has 2 rings (SSSR count). The van der Waals surface area contributed by atoms with Gasteiger partial charge in [-0.3, -0.25) is 0 Å². The van der Waals surface area contributed by atoms with E-state index in [9.17, 15) is 8.42 Å². The Bertz CT molecular complexity index is 755. The lowest BCUT2D eigenvalue weighted by molar-refractivity contribution is 0.312. The van der Waals surface area contributed by atoms with Crippen molar-refractivity contribution in [3.63, 3.8) is 0 Å². The summed E-state index contributed by atoms with van der Waals surface area (Å²) in [5.41, 5.74) is 1.83. The monoisotopic (exact) mass is 347 g/mol. The minimum Gasteiger partial charge on any atom is -0.493 e. The van der Waals surface area contributed by atoms with Crippen LogP contribution in [0.4, 0.5) is 0 Å². The van der Waals surface area contributed by atoms with Crippen molar-refractivity contribution < 1.29 is 13.2 Å². The van der Waals surface area contributed by atoms with Gasteiger partial charge < -0.3 is 4.74 Å². The molecule has 0 atom stereocenters. The van der Waals surface area contributed by atoms with Crippen LogP contribution >= 0.6 is 0 Å². The van der Waals surface area contributed by atoms with Crippen molar-refractivity contribution in [3.05, 3.63) is 59.7 Å². The Hall–Kier alpha value is -1.85. The highest BCUT2D eigenvalue weighted by Crippen LogP contribution is 2.29. The first-order valence-electron chi connectivity index (χ1n) is 8.24. The topological polar surface area (TPSA) is 55.4 Å². The molecule has 0 spiro atoms. The SMILES string of the molecule is CCCOc1ccc(S(=O)(=O)NCc2ccccc2)cc1C(C)C. The molecule has 0 aliphatic carbocycles. The lowest BCUT2D eigenvalue weighted by atomic mass is 10.0. The number of rotatable bonds is 8. The number of nitrogens with one attached hydrogen (secondary N) is 1. The molecule has 2 aromatic rings. The van der Waals surface area contributed by atoms with Crippen LogP contribution < -0.4 is 9.46 Å². The summed E-state index contributed by atoms with van der Waals surface area (Å²) in [4.78, 5) is 0.269. The van der Waals surface area contributed by atoms with Gasteiger partial charge in [-0.1, -0.05) is 51.1 Å². The predicted octanol–water partition coefficient (Wildman–Crippen LogP) is 4.08. The number of hydrogen-bond donors (Lipinski definition) is 1. The second kappa shape index (κ2) is 8.31. The molecular weight excluding hydrogens is 322 g/mol. The van der Waals surface area contributed by atoms with E-state index < -0.39 is 10.0 Å². The van der Waals surface area contributed by atoms with Crippen molar-refractivity contribution in [2.75, 3.05) is 6.61 Å². The third-order valence-electron chi connectivity index (χ3n) is 3.68. The molecule has 0 unspecified atom stereocenters. The standard InChI is InChI=1S/C19H25NO3S/c1-4-12-23-19-11-10-17(13-18(19)15(2)3)24(21,22)20-14-16-8-6-5-7-9-16/h5-11,13,15,20H,4,12,14H2,1-3H3. The number of sulfonamides is 1. The van der Waals surface area contributed by atoms with E-state index in [-0.39, 0.29) is 17.4 Å². The third-order valence-corrected chi connectivity index (χ3v) is 5.08. The molecule has 0 aromatic heterocycles. The van der Waals surface area contributed by atoms with Gasteiger partial charge in [0.25, 0.3) is 0 Å². The summed E-state index contributed by atoms with van der Waals surface area (Å²) < 4.78 is 33.5. The molecule has 0 aliphatic heterocycles. The fraction of sp³-hybridized carbons (Fsp3) is 0.368. The minimum atomic E-state index is -3.56. The zero-order chi connectivity index (χ0) is 17.6. The van der Waals surface area contributed by atoms with Crippen molar-refractivity contribution in [1.29, 1.82) is 0 Å². The van der Waals surface area contributed by atoms with Gasteiger partial charge in [-0.15, -0.1) is 0 Å². The van der Waals surface area contributed by atoms with Crippen LogP contribution in [0.5, 0.6) is 5.75 Å². The van der Waals surface area contributed by atoms with E-state index in [0.29, 0.717) is 6.61 Å². The first-order valence-corrected chi connectivity index (χ1v) is 9.72. The summed E-state index contributed by atoms with van der Waals surface area (Å²) in [5, 5.41) is 0. The van der Waals surface area contributed by atoms with Crippen molar-refractivity contribution >= 4 is 10.0 Å². The van der Waals surface area contributed by atoms with Crippen LogP contribution in [0, 0.1) is 0 Å². The van der Waals surface area contributed by atoms with Crippen LogP contribution in [0.25, 0.3) is 0 Å². The molecular formula is C19H25NO3S. The maximum Gasteiger partial charge on any atom is 0.240 e. The van der Waals surface area contributed by atoms with E-state index in [0.717, 1.165) is 23.3 Å². The molecule has 4 nitrogen and oxygen atoms in total. The fourth-order valence-electron chi connectivity index (χ4n) is 2.35. The van der Waals surface area contributed by atoms with Gasteiger partial charge in [0.2, 0.25) is 10.0 Å². The summed E-state index contributed by atoms with van der Waals surface area (Å²) in [6, 6.07) is 14.5. The van der Waals surface area contributed by atoms with E-state index in [2.05, 4.69) is 4.72 Å². The number of benzene rings is 2. The second-order valence-electron chi connectivity index (χ2n) is 6.01. The Balaban J connectivity index is 2.21. The maximum absolute atomic E-state index is 12.6. The molecule has 0 heterocycles. The van der Waals surface area contributed by atoms with Gasteiger partial charge in [-0.2, -0.15) is 0 Å². The van der Waals surface area contributed by atoms with Gasteiger partial charge in [0.15, 0.2) is 0 Å². The lowest BCUT2D eigenvalue weighted by Gasteiger charge is -2.16. The summed E-state index contributed by atoms with van der Waals surface area (Å²) in [5.74, 6) is 0.940. The number of ether oxygens (including phenoxy) is 1. The van der Waals surface area contributed by atoms with E-state index in [4.69, 9.17) is 4.74 Å². The Morgan fingerprint density at radius 3 is 2.42 bits per heavy atom. The van der Waals surface area contributed by atoms with Gasteiger partial charge >= 0.3 is 0 Å². The molecule has 5 heteroatoms. The zero-order valence-electron chi connectivity index (χ0n) is 14.5. The molecule has 0 bridgehead atoms. The summed E-state index contributed by atoms with van der Waals surface area (Å²) in [7, 11) is -3.56. The van der Waals surface area contributed by atoms with Gasteiger partial charge in [0.05, 0.1) is 11.5 Å². The molecule has 0 saturated carbocycles. The molecule has 1 N–H and O–H groups in total. The smallest absolute Gasteiger partial charge is 0.240 e. The molecule has 0 aliphatic rings. The fourth-order valence-corrected chi connectivity index (χ4v) is 3.40. The van der Waals surface area contributed by atoms with Gasteiger partial charge in [0.1, 0.15) is 5.75 Å². The van der Waals surface area contributed by atoms with Crippen molar-refractivity contribution in [3.8, 4) is 5.75 Å². The molecule has 24 heavy (non-hydrogen) atoms. The average molecular weight is 347 g/mol. The quantitative estimate of drug-likeness (QED) is 0.783. The first-order chi connectivity index (χ1) is 11.4. The first kappa shape index (κ1) is 18.5. The normalized spacial score (nSPS) is 11.7. The largest absolute Gasteiger partial charge is 0.493 e. The van der Waals surface area contributed by atoms with Crippen LogP contribution in [0.2, 0.25) is 0 Å². The lowest BCUT2D eigenvalue weighted by Crippen LogP contribution is -2.23. The summed E-state index contributed by atoms with van der Waals surface area (Å²) >= 11 is 0. The Kier molecular flexibility index (Phi) is 6.40. The Morgan fingerprint density at radius 2 is 1.79 bits per heavy atom. The van der Waals surface area contributed by atoms with Crippen LogP contribution in [0.15, 0.2) is 53.4 Å². The van der Waals surface area contributed by atoms with Crippen molar-refractivity contribution in [1.82, 2.24) is 4.72 Å². The second-order valence-corrected chi connectivity index (χ2v) is 7.78. The third kappa shape index (κ3) is 4.82. The maximum atomic E-state index is 12.6. The van der Waals surface area contributed by atoms with Gasteiger partial charge in [0, 0.05) is 6.54 Å². The average Bonchev–Trinajstić information content (AvgIpc) is 2.59. The van der Waals surface area contributed by atoms with E-state index in [1.54, 1.807) is 18.2 Å². The van der Waals surface area contributed by atoms with Crippen molar-refractivity contribution in [2.45, 2.75) is 44.6 Å². The highest BCUT2D eigenvalue weighted by Gasteiger charge is 2.17. The zero-order valence-corrected chi connectivity index (χ0v) is 15.3. The number of hydrogen-bond acceptors (Lipinski definition) is 3. The molecule has 0 saturated heterocycles. The van der Waals surface area contributed by atoms with Gasteiger partial charge in [-0.25, -0.2) is 13.1 Å².